The molecule has 1 aliphatic carbocycles. The molecule has 2 saturated heterocycles. The minimum atomic E-state index is -0.570. The van der Waals surface area contributed by atoms with Gasteiger partial charge in [0.1, 0.15) is 0 Å². The van der Waals surface area contributed by atoms with Crippen molar-refractivity contribution in [2.45, 2.75) is 76.9 Å². The van der Waals surface area contributed by atoms with Crippen LogP contribution >= 0.6 is 0 Å². The molecule has 3 aliphatic rings. The summed E-state index contributed by atoms with van der Waals surface area (Å²) in [4.78, 5) is 17.0. The number of rotatable bonds is 5. The molecular weight excluding hydrogens is 264 g/mol. The largest absolute Gasteiger partial charge is 0.481 e. The molecule has 0 aromatic carbocycles. The molecular formula is C17H30N2O2. The summed E-state index contributed by atoms with van der Waals surface area (Å²) in [5, 5.41) is 9.75. The van der Waals surface area contributed by atoms with Crippen LogP contribution in [0.1, 0.15) is 58.8 Å². The van der Waals surface area contributed by atoms with Crippen molar-refractivity contribution in [2.24, 2.45) is 5.41 Å². The van der Waals surface area contributed by atoms with Gasteiger partial charge in [0.05, 0.1) is 5.41 Å². The maximum Gasteiger partial charge on any atom is 0.310 e. The van der Waals surface area contributed by atoms with Crippen LogP contribution in [0.3, 0.4) is 0 Å². The first kappa shape index (κ1) is 15.3. The molecule has 2 heterocycles. The van der Waals surface area contributed by atoms with Gasteiger partial charge in [-0.1, -0.05) is 13.3 Å². The Kier molecular flexibility index (Phi) is 4.28. The summed E-state index contributed by atoms with van der Waals surface area (Å²) in [6.07, 6.45) is 7.65. The summed E-state index contributed by atoms with van der Waals surface area (Å²) >= 11 is 0. The van der Waals surface area contributed by atoms with Crippen LogP contribution in [0.5, 0.6) is 0 Å². The van der Waals surface area contributed by atoms with E-state index in [1.165, 1.54) is 19.3 Å². The first-order chi connectivity index (χ1) is 10.1. The normalized spacial score (nSPS) is 38.8. The Labute approximate surface area is 128 Å². The smallest absolute Gasteiger partial charge is 0.310 e. The van der Waals surface area contributed by atoms with Crippen LogP contribution in [0.25, 0.3) is 0 Å². The second kappa shape index (κ2) is 5.88. The predicted molar refractivity (Wildman–Crippen MR) is 83.4 cm³/mol. The molecule has 3 fully saturated rings. The average Bonchev–Trinajstić information content (AvgIpc) is 3.22. The standard InChI is InChI=1S/C17H30N2O2/c1-3-7-17(16(20)21)8-4-9-18(12-17)15-10-13(2)19(11-15)14-5-6-14/h13-15H,3-12H2,1-2H3,(H,20,21). The predicted octanol–water partition coefficient (Wildman–Crippen LogP) is 2.58. The van der Waals surface area contributed by atoms with Crippen molar-refractivity contribution < 1.29 is 9.90 Å². The highest BCUT2D eigenvalue weighted by Crippen LogP contribution is 2.39. The fraction of sp³-hybridized carbons (Fsp3) is 0.941. The number of carboxylic acids is 1. The lowest BCUT2D eigenvalue weighted by Crippen LogP contribution is -2.52. The van der Waals surface area contributed by atoms with Gasteiger partial charge in [0, 0.05) is 31.2 Å². The maximum absolute atomic E-state index is 11.8. The molecule has 3 rings (SSSR count). The molecule has 0 bridgehead atoms. The quantitative estimate of drug-likeness (QED) is 0.846. The molecule has 3 unspecified atom stereocenters. The van der Waals surface area contributed by atoms with E-state index in [1.54, 1.807) is 0 Å². The van der Waals surface area contributed by atoms with E-state index >= 15 is 0 Å². The van der Waals surface area contributed by atoms with Gasteiger partial charge < -0.3 is 5.11 Å². The number of hydrogen-bond acceptors (Lipinski definition) is 3. The first-order valence-corrected chi connectivity index (χ1v) is 8.79. The summed E-state index contributed by atoms with van der Waals surface area (Å²) in [6.45, 7) is 7.48. The molecule has 0 amide bonds. The average molecular weight is 294 g/mol. The Balaban J connectivity index is 1.66. The zero-order valence-corrected chi connectivity index (χ0v) is 13.6. The Hall–Kier alpha value is -0.610. The van der Waals surface area contributed by atoms with Gasteiger partial charge in [0.2, 0.25) is 0 Å². The Morgan fingerprint density at radius 2 is 2.10 bits per heavy atom. The number of carbonyl (C=O) groups is 1. The highest BCUT2D eigenvalue weighted by Gasteiger charge is 2.46. The number of piperidine rings is 1. The molecule has 4 heteroatoms. The monoisotopic (exact) mass is 294 g/mol. The van der Waals surface area contributed by atoms with Crippen LogP contribution < -0.4 is 0 Å². The van der Waals surface area contributed by atoms with Crippen molar-refractivity contribution in [3.8, 4) is 0 Å². The molecule has 4 nitrogen and oxygen atoms in total. The van der Waals surface area contributed by atoms with Crippen LogP contribution in [0, 0.1) is 5.41 Å². The molecule has 1 N–H and O–H groups in total. The van der Waals surface area contributed by atoms with E-state index in [4.69, 9.17) is 0 Å². The summed E-state index contributed by atoms with van der Waals surface area (Å²) in [6, 6.07) is 2.08. The number of aliphatic carboxylic acids is 1. The highest BCUT2D eigenvalue weighted by atomic mass is 16.4. The van der Waals surface area contributed by atoms with Gasteiger partial charge in [-0.25, -0.2) is 0 Å². The number of likely N-dealkylation sites (tertiary alicyclic amines) is 2. The van der Waals surface area contributed by atoms with E-state index in [2.05, 4.69) is 23.6 Å². The molecule has 1 saturated carbocycles. The topological polar surface area (TPSA) is 43.8 Å². The van der Waals surface area contributed by atoms with Crippen molar-refractivity contribution in [2.75, 3.05) is 19.6 Å². The van der Waals surface area contributed by atoms with Gasteiger partial charge in [-0.15, -0.1) is 0 Å². The number of carboxylic acid groups (broad SMARTS) is 1. The molecule has 0 spiro atoms. The highest BCUT2D eigenvalue weighted by molar-refractivity contribution is 5.75. The molecule has 120 valence electrons. The number of hydrogen-bond donors (Lipinski definition) is 1. The third-order valence-electron chi connectivity index (χ3n) is 5.92. The second-order valence-corrected chi connectivity index (χ2v) is 7.58. The van der Waals surface area contributed by atoms with Gasteiger partial charge in [0.25, 0.3) is 0 Å². The lowest BCUT2D eigenvalue weighted by Gasteiger charge is -2.42. The minimum Gasteiger partial charge on any atom is -0.481 e. The van der Waals surface area contributed by atoms with Crippen molar-refractivity contribution in [3.63, 3.8) is 0 Å². The van der Waals surface area contributed by atoms with E-state index in [0.29, 0.717) is 12.1 Å². The van der Waals surface area contributed by atoms with Gasteiger partial charge >= 0.3 is 5.97 Å². The van der Waals surface area contributed by atoms with Crippen molar-refractivity contribution >= 4 is 5.97 Å². The third kappa shape index (κ3) is 2.98. The first-order valence-electron chi connectivity index (χ1n) is 8.79. The molecule has 0 aromatic heterocycles. The van der Waals surface area contributed by atoms with Crippen LogP contribution in [0.4, 0.5) is 0 Å². The molecule has 3 atom stereocenters. The third-order valence-corrected chi connectivity index (χ3v) is 5.92. The van der Waals surface area contributed by atoms with Gasteiger partial charge in [-0.05, 0) is 52.0 Å². The SMILES string of the molecule is CCCC1(C(=O)O)CCCN(C2CC(C)N(C3CC3)C2)C1. The van der Waals surface area contributed by atoms with Gasteiger partial charge in [-0.2, -0.15) is 0 Å². The van der Waals surface area contributed by atoms with Crippen LogP contribution in [-0.2, 0) is 4.79 Å². The van der Waals surface area contributed by atoms with E-state index in [1.807, 2.05) is 0 Å². The van der Waals surface area contributed by atoms with Crippen molar-refractivity contribution in [1.82, 2.24) is 9.80 Å². The van der Waals surface area contributed by atoms with E-state index in [0.717, 1.165) is 51.4 Å². The van der Waals surface area contributed by atoms with E-state index < -0.39 is 11.4 Å². The Morgan fingerprint density at radius 3 is 2.71 bits per heavy atom. The zero-order chi connectivity index (χ0) is 15.0. The molecule has 21 heavy (non-hydrogen) atoms. The Bertz CT molecular complexity index is 392. The molecule has 0 radical (unpaired) electrons. The summed E-state index contributed by atoms with van der Waals surface area (Å²) in [5.41, 5.74) is -0.483. The fourth-order valence-corrected chi connectivity index (χ4v) is 4.65. The lowest BCUT2D eigenvalue weighted by molar-refractivity contribution is -0.153. The summed E-state index contributed by atoms with van der Waals surface area (Å²) in [7, 11) is 0. The Morgan fingerprint density at radius 1 is 1.33 bits per heavy atom. The van der Waals surface area contributed by atoms with Crippen molar-refractivity contribution in [3.05, 3.63) is 0 Å². The zero-order valence-electron chi connectivity index (χ0n) is 13.6. The van der Waals surface area contributed by atoms with Crippen LogP contribution in [-0.4, -0.2) is 58.6 Å². The van der Waals surface area contributed by atoms with Gasteiger partial charge in [0.15, 0.2) is 0 Å². The molecule has 2 aliphatic heterocycles. The van der Waals surface area contributed by atoms with E-state index in [9.17, 15) is 9.90 Å². The second-order valence-electron chi connectivity index (χ2n) is 7.58. The van der Waals surface area contributed by atoms with Crippen LogP contribution in [0.15, 0.2) is 0 Å². The van der Waals surface area contributed by atoms with Crippen molar-refractivity contribution in [1.29, 1.82) is 0 Å². The minimum absolute atomic E-state index is 0.483. The van der Waals surface area contributed by atoms with Crippen LogP contribution in [0.2, 0.25) is 0 Å². The van der Waals surface area contributed by atoms with Gasteiger partial charge in [-0.3, -0.25) is 14.6 Å². The fourth-order valence-electron chi connectivity index (χ4n) is 4.65. The van der Waals surface area contributed by atoms with E-state index in [-0.39, 0.29) is 0 Å². The maximum atomic E-state index is 11.8. The summed E-state index contributed by atoms with van der Waals surface area (Å²) in [5.74, 6) is -0.570. The lowest BCUT2D eigenvalue weighted by atomic mass is 9.76. The summed E-state index contributed by atoms with van der Waals surface area (Å²) < 4.78 is 0. The number of nitrogens with zero attached hydrogens (tertiary/aromatic N) is 2. The molecule has 0 aromatic rings.